The van der Waals surface area contributed by atoms with Crippen LogP contribution in [0.3, 0.4) is 0 Å². The summed E-state index contributed by atoms with van der Waals surface area (Å²) in [6.45, 7) is 4.22. The smallest absolute Gasteiger partial charge is 0.0998 e. The van der Waals surface area contributed by atoms with E-state index in [1.165, 1.54) is 11.1 Å². The van der Waals surface area contributed by atoms with E-state index in [9.17, 15) is 5.26 Å². The summed E-state index contributed by atoms with van der Waals surface area (Å²) in [5.74, 6) is 0. The van der Waals surface area contributed by atoms with E-state index in [0.29, 0.717) is 5.56 Å². The first-order valence-corrected chi connectivity index (χ1v) is 6.95. The van der Waals surface area contributed by atoms with Gasteiger partial charge in [0.25, 0.3) is 0 Å². The number of rotatable bonds is 2. The number of nitrogens with zero attached hydrogens (tertiary/aromatic N) is 1. The lowest BCUT2D eigenvalue weighted by Crippen LogP contribution is -1.94. The lowest BCUT2D eigenvalue weighted by molar-refractivity contribution is 1.34. The van der Waals surface area contributed by atoms with Gasteiger partial charge in [-0.15, -0.1) is 0 Å². The molecule has 1 N–H and O–H groups in total. The van der Waals surface area contributed by atoms with E-state index >= 15 is 0 Å². The van der Waals surface area contributed by atoms with Crippen molar-refractivity contribution in [2.45, 2.75) is 13.8 Å². The summed E-state index contributed by atoms with van der Waals surface area (Å²) >= 11 is 0. The molecule has 0 bridgehead atoms. The molecule has 2 nitrogen and oxygen atoms in total. The molecule has 0 heterocycles. The second-order valence-corrected chi connectivity index (χ2v) is 5.24. The summed E-state index contributed by atoms with van der Waals surface area (Å²) in [6.07, 6.45) is 0. The number of nitrogens with one attached hydrogen (secondary N) is 1. The van der Waals surface area contributed by atoms with Crippen LogP contribution in [0, 0.1) is 25.2 Å². The molecule has 0 fully saturated rings. The summed E-state index contributed by atoms with van der Waals surface area (Å²) in [5, 5.41) is 14.7. The van der Waals surface area contributed by atoms with Crippen LogP contribution in [0.25, 0.3) is 10.8 Å². The SMILES string of the molecule is Cc1ccc(Nc2ccc(C#N)c3ccccc23)cc1C. The Bertz CT molecular complexity index is 857. The van der Waals surface area contributed by atoms with Gasteiger partial charge < -0.3 is 5.32 Å². The van der Waals surface area contributed by atoms with Crippen molar-refractivity contribution >= 4 is 22.1 Å². The van der Waals surface area contributed by atoms with E-state index in [1.54, 1.807) is 0 Å². The standard InChI is InChI=1S/C19H16N2/c1-13-7-9-16(11-14(13)2)21-19-10-8-15(12-20)17-5-3-4-6-18(17)19/h3-11,21H,1-2H3. The van der Waals surface area contributed by atoms with Gasteiger partial charge in [0.1, 0.15) is 0 Å². The summed E-state index contributed by atoms with van der Waals surface area (Å²) in [5.41, 5.74) is 5.33. The Kier molecular flexibility index (Phi) is 3.33. The number of nitriles is 1. The zero-order valence-corrected chi connectivity index (χ0v) is 12.1. The normalized spacial score (nSPS) is 10.3. The van der Waals surface area contributed by atoms with E-state index in [1.807, 2.05) is 36.4 Å². The monoisotopic (exact) mass is 272 g/mol. The van der Waals surface area contributed by atoms with Gasteiger partial charge in [0.2, 0.25) is 0 Å². The summed E-state index contributed by atoms with van der Waals surface area (Å²) in [4.78, 5) is 0. The van der Waals surface area contributed by atoms with Crippen molar-refractivity contribution in [2.24, 2.45) is 0 Å². The molecule has 0 unspecified atom stereocenters. The summed E-state index contributed by atoms with van der Waals surface area (Å²) in [6, 6.07) is 20.4. The Morgan fingerprint density at radius 1 is 0.857 bits per heavy atom. The minimum Gasteiger partial charge on any atom is -0.355 e. The largest absolute Gasteiger partial charge is 0.355 e. The van der Waals surface area contributed by atoms with Crippen molar-refractivity contribution in [3.63, 3.8) is 0 Å². The van der Waals surface area contributed by atoms with Crippen LogP contribution in [-0.4, -0.2) is 0 Å². The van der Waals surface area contributed by atoms with Crippen LogP contribution < -0.4 is 5.32 Å². The molecule has 0 aromatic heterocycles. The quantitative estimate of drug-likeness (QED) is 0.706. The van der Waals surface area contributed by atoms with Crippen LogP contribution in [0.15, 0.2) is 54.6 Å². The number of hydrogen-bond donors (Lipinski definition) is 1. The third-order valence-electron chi connectivity index (χ3n) is 3.83. The molecule has 0 saturated heterocycles. The predicted octanol–water partition coefficient (Wildman–Crippen LogP) is 5.07. The number of benzene rings is 3. The fourth-order valence-corrected chi connectivity index (χ4v) is 2.48. The maximum atomic E-state index is 9.21. The highest BCUT2D eigenvalue weighted by Gasteiger charge is 2.06. The van der Waals surface area contributed by atoms with Gasteiger partial charge in [0.05, 0.1) is 11.6 Å². The van der Waals surface area contributed by atoms with Crippen molar-refractivity contribution in [3.05, 3.63) is 71.3 Å². The highest BCUT2D eigenvalue weighted by atomic mass is 14.9. The number of anilines is 2. The molecule has 0 aliphatic carbocycles. The topological polar surface area (TPSA) is 35.8 Å². The van der Waals surface area contributed by atoms with Gasteiger partial charge in [0, 0.05) is 22.1 Å². The van der Waals surface area contributed by atoms with Crippen LogP contribution in [0.1, 0.15) is 16.7 Å². The first-order chi connectivity index (χ1) is 10.2. The second kappa shape index (κ2) is 5.30. The molecule has 3 aromatic carbocycles. The van der Waals surface area contributed by atoms with Crippen molar-refractivity contribution < 1.29 is 0 Å². The molecular formula is C19H16N2. The molecular weight excluding hydrogens is 256 g/mol. The number of fused-ring (bicyclic) bond motifs is 1. The van der Waals surface area contributed by atoms with Crippen molar-refractivity contribution in [1.29, 1.82) is 5.26 Å². The molecule has 0 saturated carbocycles. The first-order valence-electron chi connectivity index (χ1n) is 6.95. The van der Waals surface area contributed by atoms with E-state index in [0.717, 1.165) is 22.1 Å². The maximum absolute atomic E-state index is 9.21. The Morgan fingerprint density at radius 3 is 2.33 bits per heavy atom. The van der Waals surface area contributed by atoms with Crippen LogP contribution in [-0.2, 0) is 0 Å². The molecule has 0 amide bonds. The molecule has 0 radical (unpaired) electrons. The van der Waals surface area contributed by atoms with Gasteiger partial charge in [-0.3, -0.25) is 0 Å². The van der Waals surface area contributed by atoms with Gasteiger partial charge in [-0.05, 0) is 49.2 Å². The molecule has 21 heavy (non-hydrogen) atoms. The van der Waals surface area contributed by atoms with E-state index in [4.69, 9.17) is 0 Å². The highest BCUT2D eigenvalue weighted by Crippen LogP contribution is 2.29. The second-order valence-electron chi connectivity index (χ2n) is 5.24. The Balaban J connectivity index is 2.09. The lowest BCUT2D eigenvalue weighted by atomic mass is 10.0. The van der Waals surface area contributed by atoms with Crippen molar-refractivity contribution in [2.75, 3.05) is 5.32 Å². The Morgan fingerprint density at radius 2 is 1.62 bits per heavy atom. The number of aryl methyl sites for hydroxylation is 2. The van der Waals surface area contributed by atoms with Gasteiger partial charge in [0.15, 0.2) is 0 Å². The highest BCUT2D eigenvalue weighted by molar-refractivity contribution is 5.98. The van der Waals surface area contributed by atoms with Crippen LogP contribution in [0.2, 0.25) is 0 Å². The summed E-state index contributed by atoms with van der Waals surface area (Å²) in [7, 11) is 0. The molecule has 0 aliphatic rings. The Hall–Kier alpha value is -2.79. The minimum absolute atomic E-state index is 0.705. The van der Waals surface area contributed by atoms with Gasteiger partial charge in [-0.1, -0.05) is 30.3 Å². The van der Waals surface area contributed by atoms with Crippen LogP contribution >= 0.6 is 0 Å². The zero-order chi connectivity index (χ0) is 14.8. The molecule has 0 spiro atoms. The fourth-order valence-electron chi connectivity index (χ4n) is 2.48. The van der Waals surface area contributed by atoms with Crippen molar-refractivity contribution in [1.82, 2.24) is 0 Å². The molecule has 3 aromatic rings. The first kappa shape index (κ1) is 13.2. The third-order valence-corrected chi connectivity index (χ3v) is 3.83. The summed E-state index contributed by atoms with van der Waals surface area (Å²) < 4.78 is 0. The minimum atomic E-state index is 0.705. The van der Waals surface area contributed by atoms with E-state index < -0.39 is 0 Å². The number of hydrogen-bond acceptors (Lipinski definition) is 2. The molecule has 102 valence electrons. The van der Waals surface area contributed by atoms with Gasteiger partial charge in [-0.2, -0.15) is 5.26 Å². The molecule has 0 aliphatic heterocycles. The average Bonchev–Trinajstić information content (AvgIpc) is 2.51. The average molecular weight is 272 g/mol. The molecule has 3 rings (SSSR count). The van der Waals surface area contributed by atoms with Gasteiger partial charge in [-0.25, -0.2) is 0 Å². The van der Waals surface area contributed by atoms with E-state index in [2.05, 4.69) is 43.4 Å². The van der Waals surface area contributed by atoms with Gasteiger partial charge >= 0.3 is 0 Å². The van der Waals surface area contributed by atoms with Crippen LogP contribution in [0.4, 0.5) is 11.4 Å². The van der Waals surface area contributed by atoms with Crippen LogP contribution in [0.5, 0.6) is 0 Å². The molecule has 2 heteroatoms. The third kappa shape index (κ3) is 2.46. The predicted molar refractivity (Wildman–Crippen MR) is 87.9 cm³/mol. The zero-order valence-electron chi connectivity index (χ0n) is 12.1. The van der Waals surface area contributed by atoms with Crippen molar-refractivity contribution in [3.8, 4) is 6.07 Å². The maximum Gasteiger partial charge on any atom is 0.0998 e. The van der Waals surface area contributed by atoms with E-state index in [-0.39, 0.29) is 0 Å². The molecule has 0 atom stereocenters. The lowest BCUT2D eigenvalue weighted by Gasteiger charge is -2.12. The Labute approximate surface area is 124 Å². The fraction of sp³-hybridized carbons (Fsp3) is 0.105.